The zero-order chi connectivity index (χ0) is 21.2. The summed E-state index contributed by atoms with van der Waals surface area (Å²) in [6.07, 6.45) is 7.75. The van der Waals surface area contributed by atoms with Crippen LogP contribution in [0.4, 0.5) is 5.95 Å². The Bertz CT molecular complexity index is 1280. The maximum absolute atomic E-state index is 6.51. The number of aromatic nitrogens is 5. The first kappa shape index (κ1) is 23.9. The van der Waals surface area contributed by atoms with Gasteiger partial charge >= 0.3 is 0 Å². The van der Waals surface area contributed by atoms with Gasteiger partial charge in [-0.3, -0.25) is 4.40 Å². The molecule has 2 aliphatic heterocycles. The molecule has 0 unspecified atom stereocenters. The number of benzene rings is 1. The first-order valence-corrected chi connectivity index (χ1v) is 11.0. The maximum Gasteiger partial charge on any atom is 0.211 e. The summed E-state index contributed by atoms with van der Waals surface area (Å²) in [4.78, 5) is 19.9. The largest absolute Gasteiger partial charge is 0.376 e. The second kappa shape index (κ2) is 8.83. The lowest BCUT2D eigenvalue weighted by Gasteiger charge is -2.41. The third-order valence-electron chi connectivity index (χ3n) is 7.32. The molecule has 1 aromatic carbocycles. The Labute approximate surface area is 206 Å². The number of nitrogens with one attached hydrogen (secondary N) is 1. The van der Waals surface area contributed by atoms with Crippen LogP contribution in [0.15, 0.2) is 36.9 Å². The summed E-state index contributed by atoms with van der Waals surface area (Å²) < 4.78 is 8.00. The van der Waals surface area contributed by atoms with Crippen LogP contribution in [0.25, 0.3) is 27.8 Å². The van der Waals surface area contributed by atoms with Gasteiger partial charge in [-0.15, -0.1) is 0 Å². The zero-order valence-electron chi connectivity index (χ0n) is 18.9. The van der Waals surface area contributed by atoms with E-state index in [0.29, 0.717) is 0 Å². The molecule has 0 bridgehead atoms. The van der Waals surface area contributed by atoms with Crippen LogP contribution in [-0.2, 0) is 4.74 Å². The van der Waals surface area contributed by atoms with Crippen LogP contribution in [0, 0.1) is 12.3 Å². The number of rotatable bonds is 2. The molecule has 2 saturated heterocycles. The Kier molecular flexibility index (Phi) is 6.38. The molecular formula is C23H31N7OS2. The van der Waals surface area contributed by atoms with Gasteiger partial charge in [-0.05, 0) is 32.8 Å². The minimum Gasteiger partial charge on any atom is -0.376 e. The van der Waals surface area contributed by atoms with E-state index in [2.05, 4.69) is 39.2 Å². The summed E-state index contributed by atoms with van der Waals surface area (Å²) in [5.41, 5.74) is 12.5. The minimum atomic E-state index is 0. The molecule has 0 saturated carbocycles. The van der Waals surface area contributed by atoms with Crippen molar-refractivity contribution in [1.82, 2.24) is 24.3 Å². The first-order chi connectivity index (χ1) is 15.1. The Morgan fingerprint density at radius 3 is 2.70 bits per heavy atom. The smallest absolute Gasteiger partial charge is 0.211 e. The molecule has 3 aromatic heterocycles. The molecule has 6 rings (SSSR count). The number of piperidine rings is 1. The number of aromatic amines is 1. The molecule has 5 heterocycles. The molecule has 8 nitrogen and oxygen atoms in total. The van der Waals surface area contributed by atoms with Gasteiger partial charge in [0.1, 0.15) is 5.65 Å². The van der Waals surface area contributed by atoms with Crippen LogP contribution in [0.1, 0.15) is 25.5 Å². The third kappa shape index (κ3) is 3.60. The van der Waals surface area contributed by atoms with Crippen LogP contribution >= 0.6 is 27.0 Å². The number of para-hydroxylation sites is 1. The quantitative estimate of drug-likeness (QED) is 0.453. The highest BCUT2D eigenvalue weighted by atomic mass is 32.1. The van der Waals surface area contributed by atoms with Gasteiger partial charge in [0.05, 0.1) is 35.8 Å². The summed E-state index contributed by atoms with van der Waals surface area (Å²) in [5, 5.41) is 0. The van der Waals surface area contributed by atoms with Gasteiger partial charge in [-0.2, -0.15) is 27.0 Å². The van der Waals surface area contributed by atoms with Crippen LogP contribution in [0.5, 0.6) is 0 Å². The fourth-order valence-corrected chi connectivity index (χ4v) is 5.40. The molecule has 176 valence electrons. The number of fused-ring (bicyclic) bond motifs is 2. The van der Waals surface area contributed by atoms with Gasteiger partial charge in [0.2, 0.25) is 5.95 Å². The van der Waals surface area contributed by atoms with Gasteiger partial charge in [0.25, 0.3) is 0 Å². The van der Waals surface area contributed by atoms with Crippen molar-refractivity contribution in [2.75, 3.05) is 24.6 Å². The predicted octanol–water partition coefficient (Wildman–Crippen LogP) is 3.14. The van der Waals surface area contributed by atoms with Crippen molar-refractivity contribution in [2.24, 2.45) is 11.1 Å². The van der Waals surface area contributed by atoms with Gasteiger partial charge in [-0.1, -0.05) is 12.1 Å². The number of imidazole rings is 2. The first-order valence-electron chi connectivity index (χ1n) is 11.0. The number of anilines is 1. The number of nitrogens with two attached hydrogens (primary N) is 1. The highest BCUT2D eigenvalue weighted by Crippen LogP contribution is 2.42. The average Bonchev–Trinajstić information content (AvgIpc) is 3.51. The molecule has 10 heteroatoms. The molecule has 2 atom stereocenters. The summed E-state index contributed by atoms with van der Waals surface area (Å²) in [6, 6.07) is 6.28. The topological polar surface area (TPSA) is 97.4 Å². The van der Waals surface area contributed by atoms with Gasteiger partial charge in [-0.25, -0.2) is 15.0 Å². The number of H-pyrrole nitrogens is 1. The average molecular weight is 486 g/mol. The number of hydrogen-bond donors (Lipinski definition) is 2. The van der Waals surface area contributed by atoms with Gasteiger partial charge in [0.15, 0.2) is 0 Å². The molecule has 33 heavy (non-hydrogen) atoms. The van der Waals surface area contributed by atoms with Crippen molar-refractivity contribution < 1.29 is 4.74 Å². The van der Waals surface area contributed by atoms with Crippen molar-refractivity contribution in [3.8, 4) is 11.1 Å². The second-order valence-corrected chi connectivity index (χ2v) is 8.99. The molecule has 2 fully saturated rings. The zero-order valence-corrected chi connectivity index (χ0v) is 20.9. The van der Waals surface area contributed by atoms with E-state index in [1.165, 1.54) is 0 Å². The number of ether oxygens (including phenoxy) is 1. The van der Waals surface area contributed by atoms with Gasteiger partial charge < -0.3 is 20.4 Å². The molecular weight excluding hydrogens is 454 g/mol. The normalized spacial score (nSPS) is 22.0. The SMILES string of the molecule is Cc1nc(N2CCC3(CC2)CO[C@@H](C)[C@H]3N)n2ccnc2c1-c1cccc2[nH]cnc12.S.S. The van der Waals surface area contributed by atoms with Crippen LogP contribution < -0.4 is 10.6 Å². The van der Waals surface area contributed by atoms with E-state index in [0.717, 1.165) is 72.0 Å². The lowest BCUT2D eigenvalue weighted by molar-refractivity contribution is 0.0973. The Morgan fingerprint density at radius 1 is 1.18 bits per heavy atom. The number of nitrogens with zero attached hydrogens (tertiary/aromatic N) is 5. The maximum atomic E-state index is 6.51. The summed E-state index contributed by atoms with van der Waals surface area (Å²) in [7, 11) is 0. The molecule has 2 aliphatic rings. The lowest BCUT2D eigenvalue weighted by atomic mass is 9.73. The summed E-state index contributed by atoms with van der Waals surface area (Å²) in [5.74, 6) is 0.943. The molecule has 0 amide bonds. The highest BCUT2D eigenvalue weighted by Gasteiger charge is 2.47. The van der Waals surface area contributed by atoms with E-state index in [9.17, 15) is 0 Å². The summed E-state index contributed by atoms with van der Waals surface area (Å²) >= 11 is 0. The number of aryl methyl sites for hydroxylation is 1. The minimum absolute atomic E-state index is 0. The molecule has 1 spiro atoms. The fourth-order valence-electron chi connectivity index (χ4n) is 5.40. The van der Waals surface area contributed by atoms with Crippen molar-refractivity contribution in [3.05, 3.63) is 42.6 Å². The van der Waals surface area contributed by atoms with Crippen LogP contribution in [0.2, 0.25) is 0 Å². The van der Waals surface area contributed by atoms with Crippen molar-refractivity contribution >= 4 is 49.6 Å². The molecule has 4 aromatic rings. The predicted molar refractivity (Wildman–Crippen MR) is 141 cm³/mol. The van der Waals surface area contributed by atoms with Crippen LogP contribution in [-0.4, -0.2) is 56.2 Å². The van der Waals surface area contributed by atoms with E-state index in [1.54, 1.807) is 6.33 Å². The van der Waals surface area contributed by atoms with Crippen molar-refractivity contribution in [2.45, 2.75) is 38.8 Å². The second-order valence-electron chi connectivity index (χ2n) is 8.99. The lowest BCUT2D eigenvalue weighted by Crippen LogP contribution is -2.51. The van der Waals surface area contributed by atoms with Crippen LogP contribution in [0.3, 0.4) is 0 Å². The molecule has 3 N–H and O–H groups in total. The fraction of sp³-hybridized carbons (Fsp3) is 0.435. The number of hydrogen-bond acceptors (Lipinski definition) is 6. The Hall–Kier alpha value is -2.27. The third-order valence-corrected chi connectivity index (χ3v) is 7.32. The van der Waals surface area contributed by atoms with Crippen molar-refractivity contribution in [1.29, 1.82) is 0 Å². The Balaban J connectivity index is 0.00000130. The van der Waals surface area contributed by atoms with E-state index < -0.39 is 0 Å². The summed E-state index contributed by atoms with van der Waals surface area (Å²) in [6.45, 7) is 6.75. The van der Waals surface area contributed by atoms with Crippen molar-refractivity contribution in [3.63, 3.8) is 0 Å². The van der Waals surface area contributed by atoms with Gasteiger partial charge in [0, 0.05) is 48.1 Å². The van der Waals surface area contributed by atoms with E-state index in [4.69, 9.17) is 20.4 Å². The standard InChI is InChI=1S/C23H27N7O.2H2S/c1-14-18(16-4-3-5-17-19(16)27-13-26-17)21-25-8-11-30(21)22(28-14)29-9-6-23(7-10-29)12-31-15(2)20(23)24;;/h3-5,8,11,13,15,20H,6-7,9-10,12,24H2,1-2H3,(H,26,27);2*1H2/t15-,20+;;/m0../s1. The highest BCUT2D eigenvalue weighted by molar-refractivity contribution is 7.59. The van der Waals surface area contributed by atoms with E-state index >= 15 is 0 Å². The Morgan fingerprint density at radius 2 is 1.97 bits per heavy atom. The molecule has 0 aliphatic carbocycles. The van der Waals surface area contributed by atoms with E-state index in [1.807, 2.05) is 24.5 Å². The monoisotopic (exact) mass is 485 g/mol. The molecule has 0 radical (unpaired) electrons. The van der Waals surface area contributed by atoms with E-state index in [-0.39, 0.29) is 44.6 Å².